The number of hydrogen-bond donors (Lipinski definition) is 2. The summed E-state index contributed by atoms with van der Waals surface area (Å²) in [6.07, 6.45) is 3.77. The SMILES string of the molecule is COC(=O)C1=C(Nc2ccc(OCCN3CCCCC3)c(Cl)c2)C(=O)N(CCO)C1. The van der Waals surface area contributed by atoms with Crippen LogP contribution in [-0.4, -0.2) is 79.8 Å². The molecule has 2 aliphatic rings. The van der Waals surface area contributed by atoms with E-state index in [4.69, 9.17) is 26.2 Å². The van der Waals surface area contributed by atoms with Crippen molar-refractivity contribution in [1.82, 2.24) is 9.80 Å². The van der Waals surface area contributed by atoms with Crippen molar-refractivity contribution in [3.8, 4) is 5.75 Å². The first-order valence-corrected chi connectivity index (χ1v) is 10.5. The predicted molar refractivity (Wildman–Crippen MR) is 114 cm³/mol. The van der Waals surface area contributed by atoms with E-state index in [2.05, 4.69) is 10.2 Å². The fraction of sp³-hybridized carbons (Fsp3) is 0.524. The zero-order valence-corrected chi connectivity index (χ0v) is 17.9. The number of nitrogens with one attached hydrogen (secondary N) is 1. The average Bonchev–Trinajstić information content (AvgIpc) is 3.05. The van der Waals surface area contributed by atoms with Crippen LogP contribution >= 0.6 is 11.6 Å². The van der Waals surface area contributed by atoms with E-state index in [1.165, 1.54) is 31.3 Å². The number of aliphatic hydroxyl groups excluding tert-OH is 1. The second-order valence-electron chi connectivity index (χ2n) is 7.32. The number of aliphatic hydroxyl groups is 1. The molecule has 1 aromatic carbocycles. The Balaban J connectivity index is 1.64. The molecule has 2 aliphatic heterocycles. The lowest BCUT2D eigenvalue weighted by Gasteiger charge is -2.26. The van der Waals surface area contributed by atoms with Crippen LogP contribution in [0, 0.1) is 0 Å². The highest BCUT2D eigenvalue weighted by molar-refractivity contribution is 6.32. The van der Waals surface area contributed by atoms with Gasteiger partial charge in [-0.3, -0.25) is 9.69 Å². The number of halogens is 1. The fourth-order valence-corrected chi connectivity index (χ4v) is 3.89. The standard InChI is InChI=1S/C21H28ClN3O5/c1-29-21(28)16-14-25(9-11-26)20(27)19(16)23-15-5-6-18(17(22)13-15)30-12-10-24-7-3-2-4-8-24/h5-6,13,23,26H,2-4,7-12,14H2,1H3. The minimum Gasteiger partial charge on any atom is -0.491 e. The van der Waals surface area contributed by atoms with Gasteiger partial charge >= 0.3 is 5.97 Å². The number of amides is 1. The molecule has 2 N–H and O–H groups in total. The Morgan fingerprint density at radius 1 is 1.23 bits per heavy atom. The first-order valence-electron chi connectivity index (χ1n) is 10.2. The molecule has 0 atom stereocenters. The van der Waals surface area contributed by atoms with Crippen LogP contribution in [0.3, 0.4) is 0 Å². The van der Waals surface area contributed by atoms with Crippen molar-refractivity contribution in [2.24, 2.45) is 0 Å². The lowest BCUT2D eigenvalue weighted by Crippen LogP contribution is -2.33. The maximum atomic E-state index is 12.6. The summed E-state index contributed by atoms with van der Waals surface area (Å²) < 4.78 is 10.6. The van der Waals surface area contributed by atoms with Crippen molar-refractivity contribution in [3.05, 3.63) is 34.5 Å². The van der Waals surface area contributed by atoms with Gasteiger partial charge in [0.05, 0.1) is 30.9 Å². The van der Waals surface area contributed by atoms with Crippen LogP contribution in [-0.2, 0) is 14.3 Å². The average molecular weight is 438 g/mol. The highest BCUT2D eigenvalue weighted by atomic mass is 35.5. The Bertz CT molecular complexity index is 808. The molecule has 1 saturated heterocycles. The molecule has 0 spiro atoms. The minimum absolute atomic E-state index is 0.0832. The zero-order valence-electron chi connectivity index (χ0n) is 17.2. The maximum absolute atomic E-state index is 12.6. The number of nitrogens with zero attached hydrogens (tertiary/aromatic N) is 2. The van der Waals surface area contributed by atoms with Crippen LogP contribution in [0.15, 0.2) is 29.5 Å². The van der Waals surface area contributed by atoms with E-state index in [0.29, 0.717) is 23.1 Å². The van der Waals surface area contributed by atoms with Gasteiger partial charge in [-0.15, -0.1) is 0 Å². The van der Waals surface area contributed by atoms with Gasteiger partial charge in [0.15, 0.2) is 0 Å². The Morgan fingerprint density at radius 2 is 2.00 bits per heavy atom. The lowest BCUT2D eigenvalue weighted by atomic mass is 10.1. The van der Waals surface area contributed by atoms with E-state index >= 15 is 0 Å². The number of benzene rings is 1. The quantitative estimate of drug-likeness (QED) is 0.570. The predicted octanol–water partition coefficient (Wildman–Crippen LogP) is 1.88. The van der Waals surface area contributed by atoms with E-state index in [0.717, 1.165) is 19.6 Å². The number of hydrogen-bond acceptors (Lipinski definition) is 7. The minimum atomic E-state index is -0.588. The number of anilines is 1. The molecule has 0 bridgehead atoms. The van der Waals surface area contributed by atoms with Crippen molar-refractivity contribution >= 4 is 29.2 Å². The van der Waals surface area contributed by atoms with E-state index in [-0.39, 0.29) is 36.9 Å². The number of esters is 1. The van der Waals surface area contributed by atoms with Gasteiger partial charge in [-0.05, 0) is 44.1 Å². The van der Waals surface area contributed by atoms with Gasteiger partial charge in [-0.2, -0.15) is 0 Å². The molecule has 0 aliphatic carbocycles. The van der Waals surface area contributed by atoms with Crippen LogP contribution in [0.2, 0.25) is 5.02 Å². The number of likely N-dealkylation sites (tertiary alicyclic amines) is 1. The van der Waals surface area contributed by atoms with Gasteiger partial charge in [0.25, 0.3) is 5.91 Å². The normalized spacial score (nSPS) is 17.4. The molecular weight excluding hydrogens is 410 g/mol. The molecule has 164 valence electrons. The Hall–Kier alpha value is -2.29. The third kappa shape index (κ3) is 5.44. The highest BCUT2D eigenvalue weighted by Gasteiger charge is 2.34. The Kier molecular flexibility index (Phi) is 7.95. The monoisotopic (exact) mass is 437 g/mol. The number of ether oxygens (including phenoxy) is 2. The third-order valence-corrected chi connectivity index (χ3v) is 5.56. The summed E-state index contributed by atoms with van der Waals surface area (Å²) in [5.41, 5.74) is 0.901. The van der Waals surface area contributed by atoms with Gasteiger partial charge in [0.1, 0.15) is 18.1 Å². The Labute approximate surface area is 181 Å². The number of rotatable bonds is 9. The van der Waals surface area contributed by atoms with Gasteiger partial charge in [0, 0.05) is 18.8 Å². The van der Waals surface area contributed by atoms with Crippen molar-refractivity contribution < 1.29 is 24.2 Å². The summed E-state index contributed by atoms with van der Waals surface area (Å²) in [6, 6.07) is 5.14. The van der Waals surface area contributed by atoms with Crippen LogP contribution < -0.4 is 10.1 Å². The summed E-state index contributed by atoms with van der Waals surface area (Å²) >= 11 is 6.36. The topological polar surface area (TPSA) is 91.3 Å². The van der Waals surface area contributed by atoms with E-state index < -0.39 is 5.97 Å². The molecule has 1 amide bonds. The molecule has 2 heterocycles. The largest absolute Gasteiger partial charge is 0.491 e. The smallest absolute Gasteiger partial charge is 0.337 e. The van der Waals surface area contributed by atoms with Crippen LogP contribution in [0.1, 0.15) is 19.3 Å². The number of β-amino-alcohol motifs (C(OH)–C–C–N with tert-alkyl or cyclic N) is 1. The molecule has 1 aromatic rings. The maximum Gasteiger partial charge on any atom is 0.337 e. The molecule has 0 saturated carbocycles. The zero-order chi connectivity index (χ0) is 21.5. The van der Waals surface area contributed by atoms with Gasteiger partial charge in [-0.1, -0.05) is 18.0 Å². The second kappa shape index (κ2) is 10.7. The Morgan fingerprint density at radius 3 is 2.67 bits per heavy atom. The van der Waals surface area contributed by atoms with Crippen molar-refractivity contribution in [2.45, 2.75) is 19.3 Å². The third-order valence-electron chi connectivity index (χ3n) is 5.27. The first kappa shape index (κ1) is 22.4. The van der Waals surface area contributed by atoms with Crippen LogP contribution in [0.4, 0.5) is 5.69 Å². The van der Waals surface area contributed by atoms with Crippen LogP contribution in [0.5, 0.6) is 5.75 Å². The van der Waals surface area contributed by atoms with E-state index in [1.807, 2.05) is 0 Å². The lowest BCUT2D eigenvalue weighted by molar-refractivity contribution is -0.136. The van der Waals surface area contributed by atoms with Crippen molar-refractivity contribution in [3.63, 3.8) is 0 Å². The fourth-order valence-electron chi connectivity index (χ4n) is 3.66. The van der Waals surface area contributed by atoms with Gasteiger partial charge in [-0.25, -0.2) is 4.79 Å². The molecule has 0 aromatic heterocycles. The molecule has 0 radical (unpaired) electrons. The van der Waals surface area contributed by atoms with Gasteiger partial charge < -0.3 is 24.8 Å². The molecular formula is C21H28ClN3O5. The molecule has 1 fully saturated rings. The molecule has 0 unspecified atom stereocenters. The van der Waals surface area contributed by atoms with Crippen LogP contribution in [0.25, 0.3) is 0 Å². The molecule has 8 nitrogen and oxygen atoms in total. The van der Waals surface area contributed by atoms with E-state index in [9.17, 15) is 9.59 Å². The summed E-state index contributed by atoms with van der Waals surface area (Å²) in [5, 5.41) is 12.5. The van der Waals surface area contributed by atoms with E-state index in [1.54, 1.807) is 18.2 Å². The summed E-state index contributed by atoms with van der Waals surface area (Å²) in [6.45, 7) is 3.66. The highest BCUT2D eigenvalue weighted by Crippen LogP contribution is 2.30. The van der Waals surface area contributed by atoms with Crippen molar-refractivity contribution in [1.29, 1.82) is 0 Å². The second-order valence-corrected chi connectivity index (χ2v) is 7.72. The van der Waals surface area contributed by atoms with Crippen molar-refractivity contribution in [2.75, 3.05) is 58.4 Å². The van der Waals surface area contributed by atoms with Gasteiger partial charge in [0.2, 0.25) is 0 Å². The first-order chi connectivity index (χ1) is 14.5. The molecule has 30 heavy (non-hydrogen) atoms. The molecule has 3 rings (SSSR count). The number of methoxy groups -OCH3 is 1. The number of carbonyl (C=O) groups is 2. The summed E-state index contributed by atoms with van der Waals surface area (Å²) in [7, 11) is 1.26. The summed E-state index contributed by atoms with van der Waals surface area (Å²) in [5.74, 6) is -0.390. The number of carbonyl (C=O) groups excluding carboxylic acids is 2. The summed E-state index contributed by atoms with van der Waals surface area (Å²) in [4.78, 5) is 28.4. The number of piperidine rings is 1. The molecule has 9 heteroatoms.